The number of Topliss-reactive ketones (excluding diaryl/α,β-unsaturated/α-hetero) is 1. The summed E-state index contributed by atoms with van der Waals surface area (Å²) in [4.78, 5) is 33.5. The number of amides is 1. The molecule has 0 fully saturated rings. The lowest BCUT2D eigenvalue weighted by atomic mass is 10.1. The van der Waals surface area contributed by atoms with Crippen molar-refractivity contribution in [3.63, 3.8) is 0 Å². The first kappa shape index (κ1) is 13.9. The molecule has 6 heteroatoms. The van der Waals surface area contributed by atoms with Crippen molar-refractivity contribution in [1.82, 2.24) is 5.32 Å². The fourth-order valence-electron chi connectivity index (χ4n) is 1.40. The highest BCUT2D eigenvalue weighted by molar-refractivity contribution is 6.08. The van der Waals surface area contributed by atoms with E-state index >= 15 is 0 Å². The van der Waals surface area contributed by atoms with Crippen LogP contribution in [0.25, 0.3) is 0 Å². The van der Waals surface area contributed by atoms with Crippen molar-refractivity contribution in [3.8, 4) is 0 Å². The summed E-state index contributed by atoms with van der Waals surface area (Å²) in [6.45, 7) is 1.41. The molecule has 1 aromatic rings. The summed E-state index contributed by atoms with van der Waals surface area (Å²) in [7, 11) is 1.38. The number of rotatable bonds is 5. The molecule has 0 radical (unpaired) electrons. The van der Waals surface area contributed by atoms with E-state index in [1.54, 1.807) is 18.2 Å². The maximum atomic E-state index is 11.6. The lowest BCUT2D eigenvalue weighted by Gasteiger charge is -2.12. The number of hydrogen-bond acceptors (Lipinski definition) is 4. The fraction of sp³-hybridized carbons (Fsp3) is 0.250. The van der Waals surface area contributed by atoms with Gasteiger partial charge in [-0.3, -0.25) is 14.9 Å². The molecule has 3 N–H and O–H groups in total. The largest absolute Gasteiger partial charge is 0.480 e. The van der Waals surface area contributed by atoms with Gasteiger partial charge in [-0.05, 0) is 26.1 Å². The van der Waals surface area contributed by atoms with Crippen molar-refractivity contribution >= 4 is 23.3 Å². The standard InChI is InChI=1S/C12H14N2O4/c1-7(15)8-4-3-5-9(6-8)14-11(16)10(13-2)12(17)18/h3-6,10,13H,1-2H3,(H,14,16)(H,17,18). The van der Waals surface area contributed by atoms with Gasteiger partial charge in [0.05, 0.1) is 0 Å². The van der Waals surface area contributed by atoms with Gasteiger partial charge in [-0.1, -0.05) is 12.1 Å². The van der Waals surface area contributed by atoms with Crippen molar-refractivity contribution in [2.75, 3.05) is 12.4 Å². The summed E-state index contributed by atoms with van der Waals surface area (Å²) in [5.41, 5.74) is 0.832. The number of anilines is 1. The SMILES string of the molecule is CNC(C(=O)O)C(=O)Nc1cccc(C(C)=O)c1. The van der Waals surface area contributed by atoms with Gasteiger partial charge in [0.1, 0.15) is 0 Å². The van der Waals surface area contributed by atoms with Gasteiger partial charge in [0.15, 0.2) is 11.8 Å². The van der Waals surface area contributed by atoms with Gasteiger partial charge in [-0.25, -0.2) is 4.79 Å². The van der Waals surface area contributed by atoms with E-state index in [4.69, 9.17) is 5.11 Å². The van der Waals surface area contributed by atoms with E-state index in [9.17, 15) is 14.4 Å². The van der Waals surface area contributed by atoms with E-state index in [2.05, 4.69) is 10.6 Å². The fourth-order valence-corrected chi connectivity index (χ4v) is 1.40. The van der Waals surface area contributed by atoms with E-state index in [1.165, 1.54) is 20.0 Å². The molecule has 0 aromatic heterocycles. The molecule has 1 atom stereocenters. The highest BCUT2D eigenvalue weighted by atomic mass is 16.4. The molecule has 0 aliphatic rings. The van der Waals surface area contributed by atoms with Crippen molar-refractivity contribution < 1.29 is 19.5 Å². The Labute approximate surface area is 104 Å². The van der Waals surface area contributed by atoms with Gasteiger partial charge in [-0.15, -0.1) is 0 Å². The number of carboxylic acid groups (broad SMARTS) is 1. The minimum atomic E-state index is -1.33. The molecule has 1 unspecified atom stereocenters. The van der Waals surface area contributed by atoms with Crippen LogP contribution in [0, 0.1) is 0 Å². The number of hydrogen-bond donors (Lipinski definition) is 3. The number of carbonyl (C=O) groups is 3. The Bertz CT molecular complexity index is 485. The molecule has 0 bridgehead atoms. The van der Waals surface area contributed by atoms with Crippen LogP contribution >= 0.6 is 0 Å². The summed E-state index contributed by atoms with van der Waals surface area (Å²) in [5.74, 6) is -2.09. The Kier molecular flexibility index (Phi) is 4.56. The highest BCUT2D eigenvalue weighted by Crippen LogP contribution is 2.11. The minimum Gasteiger partial charge on any atom is -0.480 e. The monoisotopic (exact) mass is 250 g/mol. The molecule has 0 spiro atoms. The van der Waals surface area contributed by atoms with E-state index < -0.39 is 17.9 Å². The van der Waals surface area contributed by atoms with Crippen LogP contribution in [0.4, 0.5) is 5.69 Å². The Morgan fingerprint density at radius 3 is 2.44 bits per heavy atom. The second-order valence-electron chi connectivity index (χ2n) is 3.69. The first-order valence-electron chi connectivity index (χ1n) is 5.27. The quantitative estimate of drug-likeness (QED) is 0.522. The molecule has 0 aliphatic heterocycles. The van der Waals surface area contributed by atoms with Crippen LogP contribution < -0.4 is 10.6 Å². The first-order valence-corrected chi connectivity index (χ1v) is 5.27. The third-order valence-electron chi connectivity index (χ3n) is 2.33. The summed E-state index contributed by atoms with van der Waals surface area (Å²) in [6.07, 6.45) is 0. The molecule has 0 saturated heterocycles. The van der Waals surface area contributed by atoms with Crippen LogP contribution in [0.2, 0.25) is 0 Å². The first-order chi connectivity index (χ1) is 8.45. The average molecular weight is 250 g/mol. The van der Waals surface area contributed by atoms with Crippen molar-refractivity contribution in [1.29, 1.82) is 0 Å². The van der Waals surface area contributed by atoms with E-state index in [0.717, 1.165) is 0 Å². The Balaban J connectivity index is 2.84. The van der Waals surface area contributed by atoms with Crippen molar-refractivity contribution in [2.45, 2.75) is 13.0 Å². The second kappa shape index (κ2) is 5.92. The number of benzene rings is 1. The zero-order valence-corrected chi connectivity index (χ0v) is 10.1. The normalized spacial score (nSPS) is 11.7. The van der Waals surface area contributed by atoms with E-state index in [-0.39, 0.29) is 5.78 Å². The smallest absolute Gasteiger partial charge is 0.330 e. The number of nitrogens with one attached hydrogen (secondary N) is 2. The predicted molar refractivity (Wildman–Crippen MR) is 65.6 cm³/mol. The Morgan fingerprint density at radius 1 is 1.28 bits per heavy atom. The van der Waals surface area contributed by atoms with Crippen LogP contribution in [-0.4, -0.2) is 35.9 Å². The molecule has 6 nitrogen and oxygen atoms in total. The molecule has 0 aliphatic carbocycles. The second-order valence-corrected chi connectivity index (χ2v) is 3.69. The van der Waals surface area contributed by atoms with Gasteiger partial charge >= 0.3 is 5.97 Å². The summed E-state index contributed by atoms with van der Waals surface area (Å²) >= 11 is 0. The van der Waals surface area contributed by atoms with Crippen LogP contribution in [0.1, 0.15) is 17.3 Å². The van der Waals surface area contributed by atoms with Gasteiger partial charge < -0.3 is 10.4 Å². The molecule has 0 saturated carbocycles. The number of ketones is 1. The molecular weight excluding hydrogens is 236 g/mol. The van der Waals surface area contributed by atoms with Crippen LogP contribution in [-0.2, 0) is 9.59 Å². The number of carbonyl (C=O) groups excluding carboxylic acids is 2. The number of carboxylic acids is 1. The number of likely N-dealkylation sites (N-methyl/N-ethyl adjacent to an activating group) is 1. The highest BCUT2D eigenvalue weighted by Gasteiger charge is 2.24. The Hall–Kier alpha value is -2.21. The van der Waals surface area contributed by atoms with E-state index in [0.29, 0.717) is 11.3 Å². The van der Waals surface area contributed by atoms with Gasteiger partial charge in [0.25, 0.3) is 5.91 Å². The molecule has 96 valence electrons. The van der Waals surface area contributed by atoms with Gasteiger partial charge in [0, 0.05) is 11.3 Å². The third kappa shape index (κ3) is 3.39. The number of aliphatic carboxylic acids is 1. The minimum absolute atomic E-state index is 0.130. The third-order valence-corrected chi connectivity index (χ3v) is 2.33. The Morgan fingerprint density at radius 2 is 1.94 bits per heavy atom. The molecule has 1 aromatic carbocycles. The summed E-state index contributed by atoms with van der Waals surface area (Å²) in [5, 5.41) is 13.6. The maximum Gasteiger partial charge on any atom is 0.330 e. The van der Waals surface area contributed by atoms with Crippen molar-refractivity contribution in [3.05, 3.63) is 29.8 Å². The molecule has 1 rings (SSSR count). The molecule has 1 amide bonds. The average Bonchev–Trinajstić information content (AvgIpc) is 2.29. The lowest BCUT2D eigenvalue weighted by molar-refractivity contribution is -0.142. The summed E-state index contributed by atoms with van der Waals surface area (Å²) < 4.78 is 0. The van der Waals surface area contributed by atoms with Crippen LogP contribution in [0.3, 0.4) is 0 Å². The van der Waals surface area contributed by atoms with E-state index in [1.807, 2.05) is 0 Å². The molecule has 18 heavy (non-hydrogen) atoms. The zero-order valence-electron chi connectivity index (χ0n) is 10.1. The van der Waals surface area contributed by atoms with Crippen molar-refractivity contribution in [2.24, 2.45) is 0 Å². The van der Waals surface area contributed by atoms with Gasteiger partial charge in [-0.2, -0.15) is 0 Å². The van der Waals surface area contributed by atoms with Crippen LogP contribution in [0.5, 0.6) is 0 Å². The van der Waals surface area contributed by atoms with Gasteiger partial charge in [0.2, 0.25) is 0 Å². The molecule has 0 heterocycles. The summed E-state index contributed by atoms with van der Waals surface area (Å²) in [6, 6.07) is 4.98. The predicted octanol–water partition coefficient (Wildman–Crippen LogP) is 0.500. The lowest BCUT2D eigenvalue weighted by Crippen LogP contribution is -2.44. The zero-order chi connectivity index (χ0) is 13.7. The topological polar surface area (TPSA) is 95.5 Å². The maximum absolute atomic E-state index is 11.6. The van der Waals surface area contributed by atoms with Crippen LogP contribution in [0.15, 0.2) is 24.3 Å². The molecular formula is C12H14N2O4.